The lowest BCUT2D eigenvalue weighted by molar-refractivity contribution is 0.0987. The maximum absolute atomic E-state index is 11.9. The molecule has 0 saturated heterocycles. The number of carbonyl (C=O) groups excluding carboxylic acids is 1. The second-order valence-corrected chi connectivity index (χ2v) is 4.43. The Hall–Kier alpha value is -1.15. The van der Waals surface area contributed by atoms with Gasteiger partial charge in [-0.3, -0.25) is 4.79 Å². The number of rotatable bonds is 5. The van der Waals surface area contributed by atoms with E-state index in [0.717, 1.165) is 17.5 Å². The van der Waals surface area contributed by atoms with Crippen molar-refractivity contribution in [1.82, 2.24) is 5.32 Å². The number of hydrogen-bond acceptors (Lipinski definition) is 2. The third-order valence-electron chi connectivity index (χ3n) is 2.91. The second-order valence-electron chi connectivity index (χ2n) is 4.43. The van der Waals surface area contributed by atoms with Gasteiger partial charge < -0.3 is 5.32 Å². The van der Waals surface area contributed by atoms with Crippen LogP contribution in [0.1, 0.15) is 41.8 Å². The first kappa shape index (κ1) is 12.9. The smallest absolute Gasteiger partial charge is 0.176 e. The van der Waals surface area contributed by atoms with Gasteiger partial charge in [0.1, 0.15) is 0 Å². The van der Waals surface area contributed by atoms with E-state index in [-0.39, 0.29) is 5.78 Å². The highest BCUT2D eigenvalue weighted by molar-refractivity contribution is 5.98. The molecule has 88 valence electrons. The topological polar surface area (TPSA) is 29.1 Å². The van der Waals surface area contributed by atoms with Gasteiger partial charge in [0.05, 0.1) is 6.54 Å². The van der Waals surface area contributed by atoms with Crippen LogP contribution in [0.5, 0.6) is 0 Å². The van der Waals surface area contributed by atoms with E-state index in [2.05, 4.69) is 25.2 Å². The first-order valence-corrected chi connectivity index (χ1v) is 5.88. The Morgan fingerprint density at radius 2 is 2.06 bits per heavy atom. The van der Waals surface area contributed by atoms with Crippen LogP contribution in [0.3, 0.4) is 0 Å². The zero-order chi connectivity index (χ0) is 12.1. The second kappa shape index (κ2) is 5.80. The summed E-state index contributed by atoms with van der Waals surface area (Å²) in [6, 6.07) is 6.36. The Morgan fingerprint density at radius 1 is 1.38 bits per heavy atom. The molecule has 2 heteroatoms. The van der Waals surface area contributed by atoms with Crippen LogP contribution >= 0.6 is 0 Å². The van der Waals surface area contributed by atoms with Crippen molar-refractivity contribution in [1.29, 1.82) is 0 Å². The van der Waals surface area contributed by atoms with E-state index in [4.69, 9.17) is 0 Å². The van der Waals surface area contributed by atoms with E-state index in [1.54, 1.807) is 0 Å². The maximum Gasteiger partial charge on any atom is 0.176 e. The SMILES string of the molecule is CCC(C)NCC(=O)c1ccc(C)cc1C. The molecule has 1 N–H and O–H groups in total. The summed E-state index contributed by atoms with van der Waals surface area (Å²) >= 11 is 0. The minimum Gasteiger partial charge on any atom is -0.307 e. The normalized spacial score (nSPS) is 12.5. The van der Waals surface area contributed by atoms with Gasteiger partial charge in [0.2, 0.25) is 0 Å². The summed E-state index contributed by atoms with van der Waals surface area (Å²) in [4.78, 5) is 11.9. The molecule has 1 aromatic carbocycles. The molecule has 0 fully saturated rings. The molecule has 1 unspecified atom stereocenters. The summed E-state index contributed by atoms with van der Waals surface area (Å²) in [6.45, 7) is 8.66. The summed E-state index contributed by atoms with van der Waals surface area (Å²) in [6.07, 6.45) is 1.04. The summed E-state index contributed by atoms with van der Waals surface area (Å²) in [5, 5.41) is 3.22. The molecule has 0 aromatic heterocycles. The standard InChI is InChI=1S/C14H21NO/c1-5-12(4)15-9-14(16)13-7-6-10(2)8-11(13)3/h6-8,12,15H,5,9H2,1-4H3. The lowest BCUT2D eigenvalue weighted by Gasteiger charge is -2.11. The van der Waals surface area contributed by atoms with Gasteiger partial charge in [0.15, 0.2) is 5.78 Å². The van der Waals surface area contributed by atoms with Gasteiger partial charge >= 0.3 is 0 Å². The van der Waals surface area contributed by atoms with E-state index in [1.807, 2.05) is 26.0 Å². The third kappa shape index (κ3) is 3.46. The first-order valence-electron chi connectivity index (χ1n) is 5.88. The molecular weight excluding hydrogens is 198 g/mol. The Bertz CT molecular complexity index is 371. The van der Waals surface area contributed by atoms with Crippen LogP contribution in [-0.2, 0) is 0 Å². The van der Waals surface area contributed by atoms with Gasteiger partial charge in [0, 0.05) is 11.6 Å². The van der Waals surface area contributed by atoms with Crippen LogP contribution in [0.25, 0.3) is 0 Å². The fourth-order valence-corrected chi connectivity index (χ4v) is 1.63. The van der Waals surface area contributed by atoms with Crippen LogP contribution in [0.4, 0.5) is 0 Å². The van der Waals surface area contributed by atoms with Crippen LogP contribution < -0.4 is 5.32 Å². The van der Waals surface area contributed by atoms with E-state index in [0.29, 0.717) is 12.6 Å². The maximum atomic E-state index is 11.9. The molecule has 0 radical (unpaired) electrons. The minimum atomic E-state index is 0.179. The summed E-state index contributed by atoms with van der Waals surface area (Å²) in [5.74, 6) is 0.179. The molecule has 0 aliphatic rings. The molecule has 1 atom stereocenters. The van der Waals surface area contributed by atoms with Crippen molar-refractivity contribution in [3.63, 3.8) is 0 Å². The lowest BCUT2D eigenvalue weighted by atomic mass is 10.0. The number of nitrogens with one attached hydrogen (secondary N) is 1. The molecule has 16 heavy (non-hydrogen) atoms. The monoisotopic (exact) mass is 219 g/mol. The highest BCUT2D eigenvalue weighted by Crippen LogP contribution is 2.10. The number of ketones is 1. The van der Waals surface area contributed by atoms with Crippen LogP contribution in [-0.4, -0.2) is 18.4 Å². The Kier molecular flexibility index (Phi) is 4.69. The molecule has 0 heterocycles. The molecule has 2 nitrogen and oxygen atoms in total. The fraction of sp³-hybridized carbons (Fsp3) is 0.500. The van der Waals surface area contributed by atoms with Gasteiger partial charge in [-0.15, -0.1) is 0 Å². The van der Waals surface area contributed by atoms with Gasteiger partial charge in [-0.2, -0.15) is 0 Å². The minimum absolute atomic E-state index is 0.179. The van der Waals surface area contributed by atoms with E-state index < -0.39 is 0 Å². The largest absolute Gasteiger partial charge is 0.307 e. The van der Waals surface area contributed by atoms with Gasteiger partial charge in [0.25, 0.3) is 0 Å². The lowest BCUT2D eigenvalue weighted by Crippen LogP contribution is -2.31. The van der Waals surface area contributed by atoms with Gasteiger partial charge in [-0.25, -0.2) is 0 Å². The van der Waals surface area contributed by atoms with Crippen LogP contribution in [0, 0.1) is 13.8 Å². The number of aryl methyl sites for hydroxylation is 2. The molecule has 0 aliphatic carbocycles. The zero-order valence-corrected chi connectivity index (χ0v) is 10.6. The molecule has 1 rings (SSSR count). The molecular formula is C14H21NO. The zero-order valence-electron chi connectivity index (χ0n) is 10.6. The third-order valence-corrected chi connectivity index (χ3v) is 2.91. The number of hydrogen-bond donors (Lipinski definition) is 1. The molecule has 1 aromatic rings. The first-order chi connectivity index (χ1) is 7.54. The van der Waals surface area contributed by atoms with Crippen molar-refractivity contribution in [2.45, 2.75) is 40.2 Å². The molecule has 0 saturated carbocycles. The number of carbonyl (C=O) groups is 1. The van der Waals surface area contributed by atoms with Gasteiger partial charge in [-0.05, 0) is 32.8 Å². The van der Waals surface area contributed by atoms with Crippen molar-refractivity contribution >= 4 is 5.78 Å². The van der Waals surface area contributed by atoms with Crippen molar-refractivity contribution in [3.05, 3.63) is 34.9 Å². The molecule has 0 spiro atoms. The molecule has 0 bridgehead atoms. The Balaban J connectivity index is 2.66. The van der Waals surface area contributed by atoms with Crippen molar-refractivity contribution in [2.24, 2.45) is 0 Å². The fourth-order valence-electron chi connectivity index (χ4n) is 1.63. The molecule has 0 aliphatic heterocycles. The van der Waals surface area contributed by atoms with Crippen LogP contribution in [0.2, 0.25) is 0 Å². The summed E-state index contributed by atoms with van der Waals surface area (Å²) in [5.41, 5.74) is 3.10. The van der Waals surface area contributed by atoms with E-state index in [1.165, 1.54) is 5.56 Å². The Morgan fingerprint density at radius 3 is 2.62 bits per heavy atom. The number of benzene rings is 1. The van der Waals surface area contributed by atoms with E-state index in [9.17, 15) is 4.79 Å². The van der Waals surface area contributed by atoms with E-state index >= 15 is 0 Å². The Labute approximate surface area is 98.1 Å². The molecule has 0 amide bonds. The van der Waals surface area contributed by atoms with Crippen LogP contribution in [0.15, 0.2) is 18.2 Å². The summed E-state index contributed by atoms with van der Waals surface area (Å²) < 4.78 is 0. The average Bonchev–Trinajstić information content (AvgIpc) is 2.25. The average molecular weight is 219 g/mol. The predicted octanol–water partition coefficient (Wildman–Crippen LogP) is 2.87. The van der Waals surface area contributed by atoms with Crippen molar-refractivity contribution in [2.75, 3.05) is 6.54 Å². The van der Waals surface area contributed by atoms with Crippen molar-refractivity contribution in [3.8, 4) is 0 Å². The number of Topliss-reactive ketones (excluding diaryl/α,β-unsaturated/α-hetero) is 1. The highest BCUT2D eigenvalue weighted by atomic mass is 16.1. The summed E-state index contributed by atoms with van der Waals surface area (Å²) in [7, 11) is 0. The predicted molar refractivity (Wildman–Crippen MR) is 68.0 cm³/mol. The quantitative estimate of drug-likeness (QED) is 0.771. The van der Waals surface area contributed by atoms with Crippen molar-refractivity contribution < 1.29 is 4.79 Å². The van der Waals surface area contributed by atoms with Gasteiger partial charge in [-0.1, -0.05) is 30.7 Å². The highest BCUT2D eigenvalue weighted by Gasteiger charge is 2.09.